The summed E-state index contributed by atoms with van der Waals surface area (Å²) in [6.07, 6.45) is -4.68. The summed E-state index contributed by atoms with van der Waals surface area (Å²) >= 11 is 0. The van der Waals surface area contributed by atoms with Gasteiger partial charge in [-0.05, 0) is 72.5 Å². The van der Waals surface area contributed by atoms with Crippen molar-refractivity contribution in [2.75, 3.05) is 0 Å². The Morgan fingerprint density at radius 2 is 1.19 bits per heavy atom. The maximum absolute atomic E-state index is 15.1. The number of alkyl halides is 4. The van der Waals surface area contributed by atoms with Gasteiger partial charge in [0, 0.05) is 17.2 Å². The first-order valence-electron chi connectivity index (χ1n) is 13.8. The van der Waals surface area contributed by atoms with E-state index in [1.807, 2.05) is 19.1 Å². The molecule has 0 spiro atoms. The first-order valence-corrected chi connectivity index (χ1v) is 13.8. The van der Waals surface area contributed by atoms with Crippen molar-refractivity contribution in [2.45, 2.75) is 26.6 Å². The van der Waals surface area contributed by atoms with E-state index in [4.69, 9.17) is 0 Å². The van der Waals surface area contributed by atoms with Crippen molar-refractivity contribution in [1.29, 1.82) is 0 Å². The van der Waals surface area contributed by atoms with Gasteiger partial charge in [-0.2, -0.15) is 17.6 Å². The first-order chi connectivity index (χ1) is 22.6. The Hall–Kier alpha value is -5.44. The van der Waals surface area contributed by atoms with Crippen LogP contribution in [0.3, 0.4) is 0 Å². The van der Waals surface area contributed by atoms with Crippen molar-refractivity contribution in [3.63, 3.8) is 0 Å². The molecule has 0 heterocycles. The van der Waals surface area contributed by atoms with Crippen LogP contribution >= 0.6 is 0 Å². The Bertz CT molecular complexity index is 2010. The lowest BCUT2D eigenvalue weighted by atomic mass is 9.98. The molecular formula is C36H20F10O2. The lowest BCUT2D eigenvalue weighted by Gasteiger charge is -2.20. The van der Waals surface area contributed by atoms with Crippen LogP contribution in [-0.4, -0.2) is 6.61 Å². The van der Waals surface area contributed by atoms with Gasteiger partial charge in [0.1, 0.15) is 34.6 Å². The third kappa shape index (κ3) is 7.25. The molecule has 0 aliphatic carbocycles. The van der Waals surface area contributed by atoms with Crippen LogP contribution in [0.1, 0.15) is 27.8 Å². The topological polar surface area (TPSA) is 18.5 Å². The monoisotopic (exact) mass is 674 g/mol. The van der Waals surface area contributed by atoms with Gasteiger partial charge in [-0.3, -0.25) is 0 Å². The van der Waals surface area contributed by atoms with Gasteiger partial charge in [0.25, 0.3) is 0 Å². The van der Waals surface area contributed by atoms with Gasteiger partial charge in [-0.1, -0.05) is 53.8 Å². The second-order valence-corrected chi connectivity index (χ2v) is 10.5. The fourth-order valence-electron chi connectivity index (χ4n) is 4.78. The van der Waals surface area contributed by atoms with Gasteiger partial charge in [-0.15, -0.1) is 0 Å². The molecule has 0 aromatic heterocycles. The van der Waals surface area contributed by atoms with E-state index in [1.54, 1.807) is 12.1 Å². The lowest BCUT2D eigenvalue weighted by Crippen LogP contribution is -2.25. The second-order valence-electron chi connectivity index (χ2n) is 10.5. The molecule has 0 saturated heterocycles. The molecule has 48 heavy (non-hydrogen) atoms. The van der Waals surface area contributed by atoms with Crippen LogP contribution in [0, 0.1) is 60.6 Å². The predicted octanol–water partition coefficient (Wildman–Crippen LogP) is 10.6. The summed E-state index contributed by atoms with van der Waals surface area (Å²) in [7, 11) is 0. The number of aryl methyl sites for hydroxylation is 2. The number of rotatable bonds is 7. The molecule has 5 aromatic carbocycles. The van der Waals surface area contributed by atoms with Gasteiger partial charge >= 0.3 is 12.7 Å². The predicted molar refractivity (Wildman–Crippen MR) is 157 cm³/mol. The van der Waals surface area contributed by atoms with E-state index in [-0.39, 0.29) is 16.7 Å². The number of hydrogen-bond donors (Lipinski definition) is 0. The lowest BCUT2D eigenvalue weighted by molar-refractivity contribution is -0.189. The fraction of sp³-hybridized carbons (Fsp3) is 0.111. The summed E-state index contributed by atoms with van der Waals surface area (Å²) in [5, 5.41) is 0. The molecule has 12 heteroatoms. The number of halogens is 10. The molecule has 5 rings (SSSR count). The van der Waals surface area contributed by atoms with Crippen molar-refractivity contribution < 1.29 is 53.4 Å². The minimum absolute atomic E-state index is 0.118. The zero-order chi connectivity index (χ0) is 34.9. The normalized spacial score (nSPS) is 11.4. The molecule has 0 aliphatic heterocycles. The molecule has 0 bridgehead atoms. The van der Waals surface area contributed by atoms with Gasteiger partial charge in [0.15, 0.2) is 17.4 Å². The average molecular weight is 675 g/mol. The van der Waals surface area contributed by atoms with Crippen LogP contribution in [0.4, 0.5) is 43.9 Å². The fourth-order valence-corrected chi connectivity index (χ4v) is 4.78. The third-order valence-corrected chi connectivity index (χ3v) is 7.04. The maximum Gasteiger partial charge on any atom is 0.432 e. The highest BCUT2D eigenvalue weighted by atomic mass is 19.3. The summed E-state index contributed by atoms with van der Waals surface area (Å²) in [5.74, 6) is -6.36. The Labute approximate surface area is 267 Å². The van der Waals surface area contributed by atoms with E-state index in [9.17, 15) is 22.0 Å². The summed E-state index contributed by atoms with van der Waals surface area (Å²) in [4.78, 5) is 0. The van der Waals surface area contributed by atoms with Crippen molar-refractivity contribution in [3.05, 3.63) is 142 Å². The minimum atomic E-state index is -4.68. The largest absolute Gasteiger partial charge is 0.432 e. The first kappa shape index (κ1) is 33.9. The standard InChI is InChI=1S/C36H20F10O2/c1-18-3-6-21(7-4-18)22-8-10-26(27(37)14-22)23-15-29(39)33(30(40)16-23)36(45,46)48-24-11-19(2)25(28(38)17-24)9-5-20-12-31(41)34(32(42)13-20)47-35(43)44/h3-4,6-8,10-17,35H,1-2H3. The SMILES string of the molecule is Cc1ccc(-c2ccc(-c3cc(F)c(C(F)(F)Oc4cc(C)c(C#Cc5cc(F)c(OC(F)F)c(F)c5)c(F)c4)c(F)c3)c(F)c2)cc1. The molecular weight excluding hydrogens is 654 g/mol. The average Bonchev–Trinajstić information content (AvgIpc) is 2.98. The number of benzene rings is 5. The third-order valence-electron chi connectivity index (χ3n) is 7.04. The van der Waals surface area contributed by atoms with Crippen LogP contribution < -0.4 is 9.47 Å². The Kier molecular flexibility index (Phi) is 9.43. The van der Waals surface area contributed by atoms with E-state index >= 15 is 22.0 Å². The quantitative estimate of drug-likeness (QED) is 0.126. The molecule has 0 saturated carbocycles. The van der Waals surface area contributed by atoms with Gasteiger partial charge < -0.3 is 9.47 Å². The van der Waals surface area contributed by atoms with Crippen molar-refractivity contribution in [2.24, 2.45) is 0 Å². The second kappa shape index (κ2) is 13.4. The summed E-state index contributed by atoms with van der Waals surface area (Å²) < 4.78 is 151. The van der Waals surface area contributed by atoms with Crippen LogP contribution in [0.2, 0.25) is 0 Å². The van der Waals surface area contributed by atoms with E-state index in [0.29, 0.717) is 41.5 Å². The maximum atomic E-state index is 15.1. The summed E-state index contributed by atoms with van der Waals surface area (Å²) in [5.41, 5.74) is -1.22. The highest BCUT2D eigenvalue weighted by molar-refractivity contribution is 5.71. The molecule has 0 unspecified atom stereocenters. The van der Waals surface area contributed by atoms with Crippen LogP contribution in [0.25, 0.3) is 22.3 Å². The van der Waals surface area contributed by atoms with E-state index in [2.05, 4.69) is 21.3 Å². The highest BCUT2D eigenvalue weighted by Gasteiger charge is 2.41. The summed E-state index contributed by atoms with van der Waals surface area (Å²) in [6.45, 7) is -0.408. The molecule has 2 nitrogen and oxygen atoms in total. The van der Waals surface area contributed by atoms with Crippen molar-refractivity contribution in [3.8, 4) is 45.6 Å². The Morgan fingerprint density at radius 3 is 1.75 bits per heavy atom. The molecule has 0 aliphatic rings. The molecule has 0 atom stereocenters. The van der Waals surface area contributed by atoms with Gasteiger partial charge in [0.05, 0.1) is 5.56 Å². The molecule has 246 valence electrons. The van der Waals surface area contributed by atoms with E-state index in [0.717, 1.165) is 17.7 Å². The molecule has 5 aromatic rings. The zero-order valence-electron chi connectivity index (χ0n) is 24.7. The molecule has 0 N–H and O–H groups in total. The Morgan fingerprint density at radius 1 is 0.604 bits per heavy atom. The smallest absolute Gasteiger partial charge is 0.429 e. The van der Waals surface area contributed by atoms with Crippen molar-refractivity contribution >= 4 is 0 Å². The van der Waals surface area contributed by atoms with Crippen LogP contribution in [0.15, 0.2) is 78.9 Å². The summed E-state index contributed by atoms with van der Waals surface area (Å²) in [6, 6.07) is 14.5. The Balaban J connectivity index is 1.38. The highest BCUT2D eigenvalue weighted by Crippen LogP contribution is 2.38. The van der Waals surface area contributed by atoms with Gasteiger partial charge in [0.2, 0.25) is 0 Å². The van der Waals surface area contributed by atoms with Gasteiger partial charge in [-0.25, -0.2) is 26.3 Å². The van der Waals surface area contributed by atoms with Crippen LogP contribution in [0.5, 0.6) is 11.5 Å². The van der Waals surface area contributed by atoms with Crippen LogP contribution in [-0.2, 0) is 6.11 Å². The van der Waals surface area contributed by atoms with Crippen molar-refractivity contribution in [1.82, 2.24) is 0 Å². The molecule has 0 fully saturated rings. The number of hydrogen-bond acceptors (Lipinski definition) is 2. The number of ether oxygens (including phenoxy) is 2. The minimum Gasteiger partial charge on any atom is -0.429 e. The van der Waals surface area contributed by atoms with E-state index in [1.165, 1.54) is 19.1 Å². The molecule has 0 amide bonds. The molecule has 0 radical (unpaired) electrons. The van der Waals surface area contributed by atoms with E-state index < -0.39 is 75.8 Å². The zero-order valence-corrected chi connectivity index (χ0v) is 24.7.